The minimum atomic E-state index is -0.154. The smallest absolute Gasteiger partial charge is 0.253 e. The molecule has 23 heavy (non-hydrogen) atoms. The van der Waals surface area contributed by atoms with E-state index in [0.717, 1.165) is 11.1 Å². The highest BCUT2D eigenvalue weighted by molar-refractivity contribution is 5.95. The van der Waals surface area contributed by atoms with E-state index in [4.69, 9.17) is 5.11 Å². The predicted octanol–water partition coefficient (Wildman–Crippen LogP) is 3.19. The van der Waals surface area contributed by atoms with Crippen LogP contribution in [0.5, 0.6) is 0 Å². The molecule has 1 amide bonds. The molecule has 2 rings (SSSR count). The van der Waals surface area contributed by atoms with Gasteiger partial charge in [0.05, 0.1) is 5.56 Å². The Balaban J connectivity index is 2.20. The fourth-order valence-electron chi connectivity index (χ4n) is 2.51. The Morgan fingerprint density at radius 2 is 2.00 bits per heavy atom. The number of benzene rings is 1. The van der Waals surface area contributed by atoms with Crippen LogP contribution in [0.1, 0.15) is 36.2 Å². The molecule has 1 aromatic carbocycles. The second-order valence-electron chi connectivity index (χ2n) is 6.17. The van der Waals surface area contributed by atoms with Gasteiger partial charge >= 0.3 is 0 Å². The van der Waals surface area contributed by atoms with E-state index in [1.807, 2.05) is 45.0 Å². The lowest BCUT2D eigenvalue weighted by Gasteiger charge is -2.21. The van der Waals surface area contributed by atoms with Gasteiger partial charge in [0.25, 0.3) is 5.91 Å². The number of carbonyl (C=O) groups excluding carboxylic acids is 1. The van der Waals surface area contributed by atoms with Crippen LogP contribution < -0.4 is 5.32 Å². The molecule has 1 unspecified atom stereocenters. The topological polar surface area (TPSA) is 62.2 Å². The Kier molecular flexibility index (Phi) is 5.88. The van der Waals surface area contributed by atoms with Crippen LogP contribution in [0.3, 0.4) is 0 Å². The summed E-state index contributed by atoms with van der Waals surface area (Å²) in [6.07, 6.45) is 3.89. The van der Waals surface area contributed by atoms with Crippen LogP contribution in [0.25, 0.3) is 11.1 Å². The molecule has 2 aromatic rings. The van der Waals surface area contributed by atoms with Gasteiger partial charge in [0, 0.05) is 30.6 Å². The highest BCUT2D eigenvalue weighted by Gasteiger charge is 2.17. The standard InChI is InChI=1S/C19H24N2O2/c1-13(2)18(7-8-22)21-19(23)17-10-16(11-20-12-17)15-6-4-5-14(3)9-15/h4-6,9-13,18,22H,7-8H2,1-3H3,(H,21,23). The number of aryl methyl sites for hydroxylation is 1. The van der Waals surface area contributed by atoms with Gasteiger partial charge in [-0.05, 0) is 30.9 Å². The van der Waals surface area contributed by atoms with E-state index in [-0.39, 0.29) is 24.5 Å². The number of aliphatic hydroxyl groups is 1. The number of aliphatic hydroxyl groups excluding tert-OH is 1. The van der Waals surface area contributed by atoms with Gasteiger partial charge < -0.3 is 10.4 Å². The van der Waals surface area contributed by atoms with Crippen molar-refractivity contribution in [1.82, 2.24) is 10.3 Å². The van der Waals surface area contributed by atoms with Crippen LogP contribution in [0.4, 0.5) is 0 Å². The molecule has 4 nitrogen and oxygen atoms in total. The molecule has 0 fully saturated rings. The molecule has 2 N–H and O–H groups in total. The average Bonchev–Trinajstić information content (AvgIpc) is 2.54. The lowest BCUT2D eigenvalue weighted by Crippen LogP contribution is -2.39. The quantitative estimate of drug-likeness (QED) is 0.861. The van der Waals surface area contributed by atoms with E-state index in [2.05, 4.69) is 16.4 Å². The van der Waals surface area contributed by atoms with E-state index in [9.17, 15) is 4.79 Å². The first-order valence-electron chi connectivity index (χ1n) is 7.95. The first kappa shape index (κ1) is 17.2. The van der Waals surface area contributed by atoms with Crippen molar-refractivity contribution in [2.45, 2.75) is 33.2 Å². The summed E-state index contributed by atoms with van der Waals surface area (Å²) in [6.45, 7) is 6.16. The lowest BCUT2D eigenvalue weighted by atomic mass is 10.0. The number of hydrogen-bond acceptors (Lipinski definition) is 3. The van der Waals surface area contributed by atoms with E-state index >= 15 is 0 Å². The highest BCUT2D eigenvalue weighted by Crippen LogP contribution is 2.20. The van der Waals surface area contributed by atoms with Gasteiger partial charge in [-0.3, -0.25) is 9.78 Å². The Labute approximate surface area is 137 Å². The van der Waals surface area contributed by atoms with E-state index in [1.165, 1.54) is 5.56 Å². The summed E-state index contributed by atoms with van der Waals surface area (Å²) in [7, 11) is 0. The lowest BCUT2D eigenvalue weighted by molar-refractivity contribution is 0.0916. The Morgan fingerprint density at radius 1 is 1.22 bits per heavy atom. The predicted molar refractivity (Wildman–Crippen MR) is 92.2 cm³/mol. The van der Waals surface area contributed by atoms with Crippen molar-refractivity contribution >= 4 is 5.91 Å². The Morgan fingerprint density at radius 3 is 2.65 bits per heavy atom. The fourth-order valence-corrected chi connectivity index (χ4v) is 2.51. The van der Waals surface area contributed by atoms with Gasteiger partial charge in [-0.1, -0.05) is 43.7 Å². The number of carbonyl (C=O) groups is 1. The first-order valence-corrected chi connectivity index (χ1v) is 7.95. The molecule has 0 radical (unpaired) electrons. The molecule has 122 valence electrons. The monoisotopic (exact) mass is 312 g/mol. The van der Waals surface area contributed by atoms with Crippen LogP contribution in [0.15, 0.2) is 42.7 Å². The Hall–Kier alpha value is -2.20. The van der Waals surface area contributed by atoms with Crippen LogP contribution in [-0.4, -0.2) is 28.6 Å². The maximum Gasteiger partial charge on any atom is 0.253 e. The zero-order valence-electron chi connectivity index (χ0n) is 13.9. The van der Waals surface area contributed by atoms with Crippen molar-refractivity contribution in [2.24, 2.45) is 5.92 Å². The molecule has 1 atom stereocenters. The summed E-state index contributed by atoms with van der Waals surface area (Å²) >= 11 is 0. The minimum Gasteiger partial charge on any atom is -0.396 e. The average molecular weight is 312 g/mol. The summed E-state index contributed by atoms with van der Waals surface area (Å²) < 4.78 is 0. The third-order valence-electron chi connectivity index (χ3n) is 3.91. The molecular formula is C19H24N2O2. The fraction of sp³-hybridized carbons (Fsp3) is 0.368. The number of pyridine rings is 1. The van der Waals surface area contributed by atoms with Gasteiger partial charge in [-0.2, -0.15) is 0 Å². The zero-order chi connectivity index (χ0) is 16.8. The number of aromatic nitrogens is 1. The SMILES string of the molecule is Cc1cccc(-c2cncc(C(=O)NC(CCO)C(C)C)c2)c1. The van der Waals surface area contributed by atoms with Gasteiger partial charge in [-0.25, -0.2) is 0 Å². The Bertz CT molecular complexity index is 668. The molecule has 0 saturated heterocycles. The number of rotatable bonds is 6. The molecule has 1 heterocycles. The summed E-state index contributed by atoms with van der Waals surface area (Å²) in [5.41, 5.74) is 3.67. The van der Waals surface area contributed by atoms with E-state index in [1.54, 1.807) is 12.4 Å². The van der Waals surface area contributed by atoms with Crippen molar-refractivity contribution in [3.05, 3.63) is 53.9 Å². The van der Waals surface area contributed by atoms with Crippen molar-refractivity contribution in [3.63, 3.8) is 0 Å². The van der Waals surface area contributed by atoms with E-state index < -0.39 is 0 Å². The summed E-state index contributed by atoms with van der Waals surface area (Å²) in [6, 6.07) is 9.92. The maximum absolute atomic E-state index is 12.5. The molecule has 0 bridgehead atoms. The largest absolute Gasteiger partial charge is 0.396 e. The molecule has 0 spiro atoms. The van der Waals surface area contributed by atoms with Crippen LogP contribution >= 0.6 is 0 Å². The van der Waals surface area contributed by atoms with Gasteiger partial charge in [-0.15, -0.1) is 0 Å². The van der Waals surface area contributed by atoms with Gasteiger partial charge in [0.1, 0.15) is 0 Å². The van der Waals surface area contributed by atoms with Crippen molar-refractivity contribution in [3.8, 4) is 11.1 Å². The third kappa shape index (κ3) is 4.63. The van der Waals surface area contributed by atoms with Crippen LogP contribution in [-0.2, 0) is 0 Å². The van der Waals surface area contributed by atoms with E-state index in [0.29, 0.717) is 12.0 Å². The van der Waals surface area contributed by atoms with Crippen LogP contribution in [0, 0.1) is 12.8 Å². The third-order valence-corrected chi connectivity index (χ3v) is 3.91. The normalized spacial score (nSPS) is 12.2. The molecule has 1 aromatic heterocycles. The highest BCUT2D eigenvalue weighted by atomic mass is 16.3. The summed E-state index contributed by atoms with van der Waals surface area (Å²) in [5.74, 6) is 0.109. The minimum absolute atomic E-state index is 0.0462. The number of amides is 1. The number of nitrogens with zero attached hydrogens (tertiary/aromatic N) is 1. The van der Waals surface area contributed by atoms with Gasteiger partial charge in [0.15, 0.2) is 0 Å². The number of hydrogen-bond donors (Lipinski definition) is 2. The maximum atomic E-state index is 12.5. The second-order valence-corrected chi connectivity index (χ2v) is 6.17. The second kappa shape index (κ2) is 7.88. The van der Waals surface area contributed by atoms with Crippen molar-refractivity contribution < 1.29 is 9.90 Å². The molecule has 0 saturated carbocycles. The van der Waals surface area contributed by atoms with Crippen molar-refractivity contribution in [1.29, 1.82) is 0 Å². The molecule has 0 aliphatic carbocycles. The summed E-state index contributed by atoms with van der Waals surface area (Å²) in [5, 5.41) is 12.1. The summed E-state index contributed by atoms with van der Waals surface area (Å²) in [4.78, 5) is 16.7. The van der Waals surface area contributed by atoms with Gasteiger partial charge in [0.2, 0.25) is 0 Å². The first-order chi connectivity index (χ1) is 11.0. The molecular weight excluding hydrogens is 288 g/mol. The van der Waals surface area contributed by atoms with Crippen molar-refractivity contribution in [2.75, 3.05) is 6.61 Å². The molecule has 0 aliphatic rings. The zero-order valence-corrected chi connectivity index (χ0v) is 13.9. The molecule has 0 aliphatic heterocycles. The van der Waals surface area contributed by atoms with Crippen LogP contribution in [0.2, 0.25) is 0 Å². The molecule has 4 heteroatoms. The number of nitrogens with one attached hydrogen (secondary N) is 1.